The summed E-state index contributed by atoms with van der Waals surface area (Å²) >= 11 is 0. The lowest BCUT2D eigenvalue weighted by Gasteiger charge is -2.15. The molecule has 0 spiro atoms. The summed E-state index contributed by atoms with van der Waals surface area (Å²) < 4.78 is 16.5. The van der Waals surface area contributed by atoms with Gasteiger partial charge in [0.25, 0.3) is 9.76 Å². The van der Waals surface area contributed by atoms with Gasteiger partial charge >= 0.3 is 0 Å². The van der Waals surface area contributed by atoms with Crippen LogP contribution in [0.2, 0.25) is 0 Å². The van der Waals surface area contributed by atoms with Gasteiger partial charge in [0, 0.05) is 13.2 Å². The predicted molar refractivity (Wildman–Crippen MR) is 74.1 cm³/mol. The van der Waals surface area contributed by atoms with Crippen molar-refractivity contribution in [3.05, 3.63) is 42.0 Å². The summed E-state index contributed by atoms with van der Waals surface area (Å²) in [4.78, 5) is 0. The highest BCUT2D eigenvalue weighted by atomic mass is 28.2. The number of rotatable bonds is 9. The molecule has 0 amide bonds. The molecule has 0 aromatic heterocycles. The fourth-order valence-corrected chi connectivity index (χ4v) is 2.32. The Kier molecular flexibility index (Phi) is 7.60. The fourth-order valence-electron chi connectivity index (χ4n) is 1.47. The van der Waals surface area contributed by atoms with Crippen molar-refractivity contribution < 1.29 is 13.9 Å². The molecular weight excluding hydrogens is 244 g/mol. The van der Waals surface area contributed by atoms with E-state index < -0.39 is 0 Å². The van der Waals surface area contributed by atoms with Gasteiger partial charge in [-0.2, -0.15) is 0 Å². The molecule has 2 radical (unpaired) electrons. The summed E-state index contributed by atoms with van der Waals surface area (Å²) in [6, 6.07) is 8.05. The van der Waals surface area contributed by atoms with Crippen molar-refractivity contribution in [2.45, 2.75) is 26.4 Å². The minimum Gasteiger partial charge on any atom is -0.408 e. The van der Waals surface area contributed by atoms with E-state index in [0.29, 0.717) is 19.8 Å². The van der Waals surface area contributed by atoms with E-state index in [1.807, 2.05) is 44.2 Å². The largest absolute Gasteiger partial charge is 0.408 e. The number of hydrogen-bond donors (Lipinski definition) is 0. The van der Waals surface area contributed by atoms with Gasteiger partial charge in [-0.05, 0) is 25.0 Å². The molecule has 0 saturated carbocycles. The van der Waals surface area contributed by atoms with Crippen LogP contribution < -0.4 is 0 Å². The average molecular weight is 264 g/mol. The molecule has 0 saturated heterocycles. The standard InChI is InChI=1S/C14H20O3Si/c1-4-12-9-7-8-10-13(12)11-17-18-14(15-5-2)16-6-3/h4,7-10,14H,1,5-6,11H2,2-3H3. The molecule has 4 heteroatoms. The van der Waals surface area contributed by atoms with Crippen LogP contribution >= 0.6 is 0 Å². The van der Waals surface area contributed by atoms with Crippen LogP contribution in [0.15, 0.2) is 30.8 Å². The van der Waals surface area contributed by atoms with E-state index in [-0.39, 0.29) is 15.7 Å². The van der Waals surface area contributed by atoms with Crippen molar-refractivity contribution >= 4 is 15.8 Å². The first-order valence-electron chi connectivity index (χ1n) is 6.12. The van der Waals surface area contributed by atoms with Crippen molar-refractivity contribution in [2.75, 3.05) is 13.2 Å². The highest BCUT2D eigenvalue weighted by Crippen LogP contribution is 2.11. The third kappa shape index (κ3) is 5.14. The van der Waals surface area contributed by atoms with E-state index in [0.717, 1.165) is 11.1 Å². The second-order valence-corrected chi connectivity index (χ2v) is 4.55. The maximum atomic E-state index is 5.66. The van der Waals surface area contributed by atoms with Crippen molar-refractivity contribution in [1.29, 1.82) is 0 Å². The predicted octanol–water partition coefficient (Wildman–Crippen LogP) is 2.82. The first-order chi connectivity index (χ1) is 8.81. The lowest BCUT2D eigenvalue weighted by atomic mass is 10.1. The highest BCUT2D eigenvalue weighted by Gasteiger charge is 2.11. The molecule has 0 heterocycles. The van der Waals surface area contributed by atoms with E-state index in [1.165, 1.54) is 0 Å². The van der Waals surface area contributed by atoms with Gasteiger partial charge in [0.2, 0.25) is 0 Å². The van der Waals surface area contributed by atoms with Gasteiger partial charge in [-0.1, -0.05) is 36.9 Å². The smallest absolute Gasteiger partial charge is 0.300 e. The zero-order chi connectivity index (χ0) is 13.2. The summed E-state index contributed by atoms with van der Waals surface area (Å²) in [7, 11) is 0.182. The van der Waals surface area contributed by atoms with Crippen LogP contribution in [0, 0.1) is 0 Å². The van der Waals surface area contributed by atoms with Crippen molar-refractivity contribution in [3.63, 3.8) is 0 Å². The Morgan fingerprint density at radius 3 is 2.50 bits per heavy atom. The molecule has 1 rings (SSSR count). The molecular formula is C14H20O3Si. The Bertz CT molecular complexity index is 349. The van der Waals surface area contributed by atoms with Gasteiger partial charge in [0.1, 0.15) is 0 Å². The van der Waals surface area contributed by atoms with E-state index >= 15 is 0 Å². The molecule has 1 aromatic carbocycles. The van der Waals surface area contributed by atoms with Crippen LogP contribution in [-0.2, 0) is 20.5 Å². The maximum absolute atomic E-state index is 5.66. The normalized spacial score (nSPS) is 10.8. The van der Waals surface area contributed by atoms with E-state index in [2.05, 4.69) is 6.58 Å². The summed E-state index contributed by atoms with van der Waals surface area (Å²) in [5.41, 5.74) is 2.23. The third-order valence-corrected chi connectivity index (χ3v) is 3.16. The van der Waals surface area contributed by atoms with E-state index in [1.54, 1.807) is 0 Å². The lowest BCUT2D eigenvalue weighted by molar-refractivity contribution is -0.0903. The van der Waals surface area contributed by atoms with Crippen LogP contribution in [0.4, 0.5) is 0 Å². The monoisotopic (exact) mass is 264 g/mol. The highest BCUT2D eigenvalue weighted by molar-refractivity contribution is 6.28. The minimum absolute atomic E-state index is 0.182. The molecule has 0 aliphatic carbocycles. The quantitative estimate of drug-likeness (QED) is 0.507. The Morgan fingerprint density at radius 2 is 1.89 bits per heavy atom. The molecule has 0 fully saturated rings. The maximum Gasteiger partial charge on any atom is 0.300 e. The van der Waals surface area contributed by atoms with Gasteiger partial charge in [-0.3, -0.25) is 0 Å². The van der Waals surface area contributed by atoms with Crippen molar-refractivity contribution in [3.8, 4) is 0 Å². The summed E-state index contributed by atoms with van der Waals surface area (Å²) in [6.45, 7) is 9.50. The molecule has 0 atom stereocenters. The van der Waals surface area contributed by atoms with Crippen LogP contribution in [0.3, 0.4) is 0 Å². The summed E-state index contributed by atoms with van der Waals surface area (Å²) in [6.07, 6.45) is 1.84. The molecule has 3 nitrogen and oxygen atoms in total. The molecule has 0 aliphatic rings. The number of hydrogen-bond acceptors (Lipinski definition) is 3. The molecule has 0 unspecified atom stereocenters. The zero-order valence-corrected chi connectivity index (χ0v) is 12.0. The van der Waals surface area contributed by atoms with E-state index in [4.69, 9.17) is 13.9 Å². The molecule has 0 aliphatic heterocycles. The second kappa shape index (κ2) is 9.05. The Balaban J connectivity index is 2.41. The van der Waals surface area contributed by atoms with Gasteiger partial charge in [-0.25, -0.2) is 0 Å². The molecule has 18 heavy (non-hydrogen) atoms. The first-order valence-corrected chi connectivity index (χ1v) is 7.11. The summed E-state index contributed by atoms with van der Waals surface area (Å²) in [5.74, 6) is -0.254. The number of ether oxygens (including phenoxy) is 2. The molecule has 0 bridgehead atoms. The van der Waals surface area contributed by atoms with Crippen molar-refractivity contribution in [2.24, 2.45) is 0 Å². The Hall–Kier alpha value is -0.943. The van der Waals surface area contributed by atoms with Crippen LogP contribution in [0.1, 0.15) is 25.0 Å². The van der Waals surface area contributed by atoms with Gasteiger partial charge in [0.05, 0.1) is 6.61 Å². The zero-order valence-electron chi connectivity index (χ0n) is 11.0. The molecule has 1 aromatic rings. The van der Waals surface area contributed by atoms with Gasteiger partial charge in [0.15, 0.2) is 5.91 Å². The molecule has 0 N–H and O–H groups in total. The third-order valence-electron chi connectivity index (χ3n) is 2.32. The lowest BCUT2D eigenvalue weighted by Crippen LogP contribution is -2.26. The van der Waals surface area contributed by atoms with Crippen molar-refractivity contribution in [1.82, 2.24) is 0 Å². The first kappa shape index (κ1) is 15.1. The fraction of sp³-hybridized carbons (Fsp3) is 0.429. The van der Waals surface area contributed by atoms with Crippen LogP contribution in [0.25, 0.3) is 6.08 Å². The molecule has 98 valence electrons. The number of benzene rings is 1. The van der Waals surface area contributed by atoms with Crippen LogP contribution in [0.5, 0.6) is 0 Å². The average Bonchev–Trinajstić information content (AvgIpc) is 2.40. The summed E-state index contributed by atoms with van der Waals surface area (Å²) in [5, 5.41) is 0. The Labute approximate surface area is 112 Å². The topological polar surface area (TPSA) is 27.7 Å². The van der Waals surface area contributed by atoms with Crippen LogP contribution in [-0.4, -0.2) is 28.9 Å². The van der Waals surface area contributed by atoms with Gasteiger partial charge < -0.3 is 13.9 Å². The van der Waals surface area contributed by atoms with E-state index in [9.17, 15) is 0 Å². The minimum atomic E-state index is -0.254. The SMILES string of the molecule is C=Cc1ccccc1CO[Si]C(OCC)OCC. The Morgan fingerprint density at radius 1 is 1.22 bits per heavy atom. The second-order valence-electron chi connectivity index (χ2n) is 3.55. The van der Waals surface area contributed by atoms with Gasteiger partial charge in [-0.15, -0.1) is 0 Å².